The molecule has 0 saturated heterocycles. The van der Waals surface area contributed by atoms with E-state index in [1.165, 1.54) is 0 Å². The predicted molar refractivity (Wildman–Crippen MR) is 58.0 cm³/mol. The summed E-state index contributed by atoms with van der Waals surface area (Å²) in [6, 6.07) is -0.649. The Morgan fingerprint density at radius 1 is 1.12 bits per heavy atom. The highest BCUT2D eigenvalue weighted by Crippen LogP contribution is 1.97. The normalized spacial score (nSPS) is 12.0. The van der Waals surface area contributed by atoms with Crippen molar-refractivity contribution >= 4 is 17.7 Å². The highest BCUT2D eigenvalue weighted by Gasteiger charge is 2.17. The number of rotatable bonds is 6. The quantitative estimate of drug-likeness (QED) is 0.408. The molecule has 7 heteroatoms. The Labute approximate surface area is 93.9 Å². The zero-order valence-electron chi connectivity index (χ0n) is 9.45. The minimum absolute atomic E-state index is 0.00585. The van der Waals surface area contributed by atoms with Gasteiger partial charge in [0.05, 0.1) is 19.1 Å². The molecule has 6 N–H and O–H groups in total. The van der Waals surface area contributed by atoms with Crippen LogP contribution < -0.4 is 22.1 Å². The first kappa shape index (κ1) is 14.4. The van der Waals surface area contributed by atoms with E-state index in [9.17, 15) is 14.4 Å². The molecule has 0 aromatic rings. The van der Waals surface area contributed by atoms with E-state index in [0.29, 0.717) is 0 Å². The van der Waals surface area contributed by atoms with Crippen molar-refractivity contribution in [1.29, 1.82) is 0 Å². The molecule has 0 aliphatic heterocycles. The number of carbonyl (C=O) groups is 3. The van der Waals surface area contributed by atoms with Gasteiger partial charge in [-0.25, -0.2) is 0 Å². The first-order valence-corrected chi connectivity index (χ1v) is 4.93. The van der Waals surface area contributed by atoms with Gasteiger partial charge in [-0.15, -0.1) is 0 Å². The van der Waals surface area contributed by atoms with Crippen LogP contribution in [-0.2, 0) is 14.4 Å². The maximum absolute atomic E-state index is 11.3. The number of primary amides is 1. The van der Waals surface area contributed by atoms with Gasteiger partial charge in [0.2, 0.25) is 17.7 Å². The standard InChI is InChI=1S/C9H18N4O3/c1-5(2)8(11)9(16)13-4-7(15)12-3-6(10)14/h5,8H,3-4,11H2,1-2H3,(H2,10,14)(H,12,15)(H,13,16)/t8-/m0/s1. The van der Waals surface area contributed by atoms with Crippen LogP contribution in [0.4, 0.5) is 0 Å². The Kier molecular flexibility index (Phi) is 6.09. The van der Waals surface area contributed by atoms with Crippen molar-refractivity contribution in [3.05, 3.63) is 0 Å². The van der Waals surface area contributed by atoms with Crippen LogP contribution in [0.2, 0.25) is 0 Å². The molecule has 0 saturated carbocycles. The van der Waals surface area contributed by atoms with E-state index < -0.39 is 23.8 Å². The number of hydrogen-bond donors (Lipinski definition) is 4. The zero-order chi connectivity index (χ0) is 12.7. The van der Waals surface area contributed by atoms with Gasteiger partial charge in [-0.1, -0.05) is 13.8 Å². The maximum atomic E-state index is 11.3. The number of carbonyl (C=O) groups excluding carboxylic acids is 3. The summed E-state index contributed by atoms with van der Waals surface area (Å²) in [4.78, 5) is 32.7. The molecule has 0 aliphatic carbocycles. The molecule has 16 heavy (non-hydrogen) atoms. The van der Waals surface area contributed by atoms with E-state index in [1.54, 1.807) is 13.8 Å². The summed E-state index contributed by atoms with van der Waals surface area (Å²) in [5, 5.41) is 4.60. The molecule has 92 valence electrons. The molecule has 0 aromatic carbocycles. The Bertz CT molecular complexity index is 278. The number of amides is 3. The molecule has 0 aliphatic rings. The molecule has 7 nitrogen and oxygen atoms in total. The van der Waals surface area contributed by atoms with Gasteiger partial charge in [0.1, 0.15) is 0 Å². The molecular weight excluding hydrogens is 212 g/mol. The first-order valence-electron chi connectivity index (χ1n) is 4.93. The fourth-order valence-electron chi connectivity index (χ4n) is 0.836. The lowest BCUT2D eigenvalue weighted by Crippen LogP contribution is -2.47. The van der Waals surface area contributed by atoms with Crippen LogP contribution in [0.15, 0.2) is 0 Å². The van der Waals surface area contributed by atoms with E-state index in [4.69, 9.17) is 11.5 Å². The topological polar surface area (TPSA) is 127 Å². The molecule has 0 heterocycles. The number of nitrogens with two attached hydrogens (primary N) is 2. The minimum Gasteiger partial charge on any atom is -0.368 e. The van der Waals surface area contributed by atoms with E-state index in [1.807, 2.05) is 0 Å². The third-order valence-corrected chi connectivity index (χ3v) is 1.90. The van der Waals surface area contributed by atoms with Gasteiger partial charge in [0.25, 0.3) is 0 Å². The van der Waals surface area contributed by atoms with E-state index in [2.05, 4.69) is 10.6 Å². The molecule has 1 atom stereocenters. The van der Waals surface area contributed by atoms with Gasteiger partial charge in [0, 0.05) is 0 Å². The van der Waals surface area contributed by atoms with Gasteiger partial charge in [-0.3, -0.25) is 14.4 Å². The smallest absolute Gasteiger partial charge is 0.239 e. The summed E-state index contributed by atoms with van der Waals surface area (Å²) in [6.07, 6.45) is 0. The van der Waals surface area contributed by atoms with Crippen molar-refractivity contribution in [3.63, 3.8) is 0 Å². The van der Waals surface area contributed by atoms with Gasteiger partial charge in [-0.05, 0) is 5.92 Å². The van der Waals surface area contributed by atoms with Crippen molar-refractivity contribution in [3.8, 4) is 0 Å². The van der Waals surface area contributed by atoms with Crippen LogP contribution in [0.25, 0.3) is 0 Å². The number of nitrogens with one attached hydrogen (secondary N) is 2. The predicted octanol–water partition coefficient (Wildman–Crippen LogP) is -2.31. The molecule has 0 spiro atoms. The van der Waals surface area contributed by atoms with Crippen molar-refractivity contribution in [2.24, 2.45) is 17.4 Å². The Morgan fingerprint density at radius 3 is 2.12 bits per heavy atom. The van der Waals surface area contributed by atoms with Crippen molar-refractivity contribution < 1.29 is 14.4 Å². The molecule has 0 bridgehead atoms. The largest absolute Gasteiger partial charge is 0.368 e. The van der Waals surface area contributed by atoms with Crippen LogP contribution in [0.5, 0.6) is 0 Å². The lowest BCUT2D eigenvalue weighted by atomic mass is 10.1. The van der Waals surface area contributed by atoms with E-state index >= 15 is 0 Å². The Hall–Kier alpha value is -1.63. The third kappa shape index (κ3) is 5.97. The summed E-state index contributed by atoms with van der Waals surface area (Å²) in [6.45, 7) is 3.15. The molecular formula is C9H18N4O3. The summed E-state index contributed by atoms with van der Waals surface area (Å²) >= 11 is 0. The van der Waals surface area contributed by atoms with Crippen LogP contribution >= 0.6 is 0 Å². The third-order valence-electron chi connectivity index (χ3n) is 1.90. The minimum atomic E-state index is -0.649. The van der Waals surface area contributed by atoms with Crippen LogP contribution in [0.3, 0.4) is 0 Å². The molecule has 3 amide bonds. The van der Waals surface area contributed by atoms with Gasteiger partial charge >= 0.3 is 0 Å². The van der Waals surface area contributed by atoms with Gasteiger partial charge in [-0.2, -0.15) is 0 Å². The summed E-state index contributed by atoms with van der Waals surface area (Å²) in [7, 11) is 0. The highest BCUT2D eigenvalue weighted by atomic mass is 16.2. The lowest BCUT2D eigenvalue weighted by molar-refractivity contribution is -0.128. The fourth-order valence-corrected chi connectivity index (χ4v) is 0.836. The number of hydrogen-bond acceptors (Lipinski definition) is 4. The molecule has 0 radical (unpaired) electrons. The summed E-state index contributed by atoms with van der Waals surface area (Å²) < 4.78 is 0. The highest BCUT2D eigenvalue weighted by molar-refractivity contribution is 5.89. The van der Waals surface area contributed by atoms with Gasteiger partial charge < -0.3 is 22.1 Å². The summed E-state index contributed by atoms with van der Waals surface area (Å²) in [5.41, 5.74) is 10.4. The second-order valence-corrected chi connectivity index (χ2v) is 3.73. The second-order valence-electron chi connectivity index (χ2n) is 3.73. The van der Waals surface area contributed by atoms with Crippen LogP contribution in [-0.4, -0.2) is 36.9 Å². The molecule has 0 aromatic heterocycles. The molecule has 0 unspecified atom stereocenters. The Balaban J connectivity index is 3.83. The van der Waals surface area contributed by atoms with Crippen LogP contribution in [0.1, 0.15) is 13.8 Å². The van der Waals surface area contributed by atoms with Crippen LogP contribution in [0, 0.1) is 5.92 Å². The van der Waals surface area contributed by atoms with Gasteiger partial charge in [0.15, 0.2) is 0 Å². The average Bonchev–Trinajstić information content (AvgIpc) is 2.21. The zero-order valence-corrected chi connectivity index (χ0v) is 9.45. The lowest BCUT2D eigenvalue weighted by Gasteiger charge is -2.14. The van der Waals surface area contributed by atoms with Crippen molar-refractivity contribution in [1.82, 2.24) is 10.6 Å². The second kappa shape index (κ2) is 6.78. The Morgan fingerprint density at radius 2 is 1.69 bits per heavy atom. The first-order chi connectivity index (χ1) is 7.34. The van der Waals surface area contributed by atoms with Crippen molar-refractivity contribution in [2.45, 2.75) is 19.9 Å². The van der Waals surface area contributed by atoms with E-state index in [0.717, 1.165) is 0 Å². The average molecular weight is 230 g/mol. The fraction of sp³-hybridized carbons (Fsp3) is 0.667. The van der Waals surface area contributed by atoms with E-state index in [-0.39, 0.29) is 19.0 Å². The summed E-state index contributed by atoms with van der Waals surface area (Å²) in [5.74, 6) is -1.53. The van der Waals surface area contributed by atoms with Crippen molar-refractivity contribution in [2.75, 3.05) is 13.1 Å². The monoisotopic (exact) mass is 230 g/mol. The molecule has 0 fully saturated rings. The maximum Gasteiger partial charge on any atom is 0.239 e. The molecule has 0 rings (SSSR count). The SMILES string of the molecule is CC(C)[C@H](N)C(=O)NCC(=O)NCC(N)=O.